The van der Waals surface area contributed by atoms with Crippen molar-refractivity contribution < 1.29 is 19.1 Å². The Hall–Kier alpha value is -3.39. The summed E-state index contributed by atoms with van der Waals surface area (Å²) in [5.74, 6) is 5.25. The second-order valence-electron chi connectivity index (χ2n) is 6.00. The highest BCUT2D eigenvalue weighted by Crippen LogP contribution is 2.13. The summed E-state index contributed by atoms with van der Waals surface area (Å²) < 4.78 is 4.53. The van der Waals surface area contributed by atoms with Gasteiger partial charge in [0, 0.05) is 25.1 Å². The third-order valence-corrected chi connectivity index (χ3v) is 3.98. The van der Waals surface area contributed by atoms with Gasteiger partial charge in [0.05, 0.1) is 12.8 Å². The number of hydrogen-bond acceptors (Lipinski definition) is 5. The minimum atomic E-state index is -0.331. The highest BCUT2D eigenvalue weighted by Gasteiger charge is 2.14. The zero-order valence-electron chi connectivity index (χ0n) is 15.7. The first-order chi connectivity index (χ1) is 13.5. The number of urea groups is 1. The van der Waals surface area contributed by atoms with Crippen LogP contribution in [0.5, 0.6) is 0 Å². The number of para-hydroxylation sites is 1. The SMILES string of the molecule is COC(=O)CCCNC(=O)NCc1ccc(C(=O)N(N)c2ccccc2)cc1. The molecule has 0 aliphatic carbocycles. The van der Waals surface area contributed by atoms with E-state index >= 15 is 0 Å². The Morgan fingerprint density at radius 2 is 1.68 bits per heavy atom. The number of amides is 3. The molecule has 2 aromatic carbocycles. The van der Waals surface area contributed by atoms with Crippen molar-refractivity contribution in [2.45, 2.75) is 19.4 Å². The van der Waals surface area contributed by atoms with Crippen LogP contribution in [0, 0.1) is 0 Å². The average Bonchev–Trinajstić information content (AvgIpc) is 2.75. The Labute approximate surface area is 163 Å². The molecule has 0 spiro atoms. The number of nitrogens with two attached hydrogens (primary N) is 1. The molecule has 0 aliphatic rings. The summed E-state index contributed by atoms with van der Waals surface area (Å²) in [5, 5.41) is 6.46. The molecular weight excluding hydrogens is 360 g/mol. The van der Waals surface area contributed by atoms with E-state index in [1.165, 1.54) is 7.11 Å². The topological polar surface area (TPSA) is 114 Å². The Balaban J connectivity index is 1.78. The average molecular weight is 384 g/mol. The van der Waals surface area contributed by atoms with Crippen molar-refractivity contribution in [1.29, 1.82) is 0 Å². The van der Waals surface area contributed by atoms with Gasteiger partial charge in [-0.15, -0.1) is 0 Å². The smallest absolute Gasteiger partial charge is 0.315 e. The third kappa shape index (κ3) is 6.40. The Kier molecular flexibility index (Phi) is 7.98. The van der Waals surface area contributed by atoms with Gasteiger partial charge in [-0.2, -0.15) is 0 Å². The van der Waals surface area contributed by atoms with Crippen LogP contribution in [0.1, 0.15) is 28.8 Å². The fourth-order valence-electron chi connectivity index (χ4n) is 2.39. The summed E-state index contributed by atoms with van der Waals surface area (Å²) in [6.07, 6.45) is 0.765. The quantitative estimate of drug-likeness (QED) is 0.212. The Morgan fingerprint density at radius 1 is 1.00 bits per heavy atom. The fourth-order valence-corrected chi connectivity index (χ4v) is 2.39. The molecule has 0 unspecified atom stereocenters. The standard InChI is InChI=1S/C20H24N4O4/c1-28-18(25)8-5-13-22-20(27)23-14-15-9-11-16(12-10-15)19(26)24(21)17-6-3-2-4-7-17/h2-4,6-7,9-12H,5,8,13-14,21H2,1H3,(H2,22,23,27). The third-order valence-electron chi connectivity index (χ3n) is 3.98. The molecule has 8 heteroatoms. The lowest BCUT2D eigenvalue weighted by molar-refractivity contribution is -0.140. The lowest BCUT2D eigenvalue weighted by Crippen LogP contribution is -2.37. The van der Waals surface area contributed by atoms with E-state index in [2.05, 4.69) is 15.4 Å². The molecule has 0 bridgehead atoms. The highest BCUT2D eigenvalue weighted by atomic mass is 16.5. The second kappa shape index (κ2) is 10.7. The number of esters is 1. The first-order valence-electron chi connectivity index (χ1n) is 8.83. The molecule has 0 aliphatic heterocycles. The summed E-state index contributed by atoms with van der Waals surface area (Å²) >= 11 is 0. The van der Waals surface area contributed by atoms with E-state index in [1.54, 1.807) is 48.5 Å². The van der Waals surface area contributed by atoms with Gasteiger partial charge in [-0.3, -0.25) is 9.59 Å². The normalized spacial score (nSPS) is 10.1. The molecule has 0 aromatic heterocycles. The number of hydrogen-bond donors (Lipinski definition) is 3. The molecule has 2 rings (SSSR count). The second-order valence-corrected chi connectivity index (χ2v) is 6.00. The van der Waals surface area contributed by atoms with Crippen molar-refractivity contribution in [2.75, 3.05) is 18.7 Å². The minimum absolute atomic E-state index is 0.257. The molecule has 148 valence electrons. The molecule has 28 heavy (non-hydrogen) atoms. The Bertz CT molecular complexity index is 794. The summed E-state index contributed by atoms with van der Waals surface area (Å²) in [4.78, 5) is 35.1. The number of ether oxygens (including phenoxy) is 1. The van der Waals surface area contributed by atoms with E-state index in [-0.39, 0.29) is 24.3 Å². The van der Waals surface area contributed by atoms with Crippen LogP contribution < -0.4 is 21.5 Å². The molecule has 4 N–H and O–H groups in total. The van der Waals surface area contributed by atoms with Gasteiger partial charge in [0.2, 0.25) is 0 Å². The number of carbonyl (C=O) groups excluding carboxylic acids is 3. The van der Waals surface area contributed by atoms with Gasteiger partial charge in [0.15, 0.2) is 0 Å². The molecule has 0 atom stereocenters. The molecule has 3 amide bonds. The van der Waals surface area contributed by atoms with Crippen LogP contribution in [0.2, 0.25) is 0 Å². The van der Waals surface area contributed by atoms with E-state index in [9.17, 15) is 14.4 Å². The highest BCUT2D eigenvalue weighted by molar-refractivity contribution is 6.05. The number of nitrogens with zero attached hydrogens (tertiary/aromatic N) is 1. The maximum Gasteiger partial charge on any atom is 0.315 e. The monoisotopic (exact) mass is 384 g/mol. The van der Waals surface area contributed by atoms with Gasteiger partial charge in [-0.1, -0.05) is 30.3 Å². The van der Waals surface area contributed by atoms with Crippen LogP contribution >= 0.6 is 0 Å². The lowest BCUT2D eigenvalue weighted by Gasteiger charge is -2.16. The number of nitrogens with one attached hydrogen (secondary N) is 2. The van der Waals surface area contributed by atoms with Gasteiger partial charge < -0.3 is 15.4 Å². The fraction of sp³-hybridized carbons (Fsp3) is 0.250. The number of anilines is 1. The predicted molar refractivity (Wildman–Crippen MR) is 105 cm³/mol. The molecule has 0 saturated carbocycles. The maximum atomic E-state index is 12.4. The number of rotatable bonds is 8. The van der Waals surface area contributed by atoms with Gasteiger partial charge in [0.1, 0.15) is 0 Å². The van der Waals surface area contributed by atoms with E-state index in [0.717, 1.165) is 10.6 Å². The van der Waals surface area contributed by atoms with Crippen molar-refractivity contribution in [3.63, 3.8) is 0 Å². The number of methoxy groups -OCH3 is 1. The molecule has 2 aromatic rings. The van der Waals surface area contributed by atoms with E-state index in [0.29, 0.717) is 30.8 Å². The number of hydrazine groups is 1. The van der Waals surface area contributed by atoms with Crippen LogP contribution in [0.25, 0.3) is 0 Å². The van der Waals surface area contributed by atoms with Gasteiger partial charge in [-0.25, -0.2) is 15.6 Å². The lowest BCUT2D eigenvalue weighted by atomic mass is 10.1. The molecule has 0 saturated heterocycles. The van der Waals surface area contributed by atoms with Crippen LogP contribution in [0.15, 0.2) is 54.6 Å². The predicted octanol–water partition coefficient (Wildman–Crippen LogP) is 1.96. The van der Waals surface area contributed by atoms with Gasteiger partial charge in [0.25, 0.3) is 5.91 Å². The zero-order chi connectivity index (χ0) is 20.4. The maximum absolute atomic E-state index is 12.4. The number of carbonyl (C=O) groups is 3. The summed E-state index contributed by atoms with van der Waals surface area (Å²) in [6.45, 7) is 0.683. The minimum Gasteiger partial charge on any atom is -0.469 e. The van der Waals surface area contributed by atoms with E-state index < -0.39 is 0 Å². The summed E-state index contributed by atoms with van der Waals surface area (Å²) in [7, 11) is 1.33. The largest absolute Gasteiger partial charge is 0.469 e. The first-order valence-corrected chi connectivity index (χ1v) is 8.83. The molecular formula is C20H24N4O4. The van der Waals surface area contributed by atoms with Crippen LogP contribution in [0.3, 0.4) is 0 Å². The van der Waals surface area contributed by atoms with Gasteiger partial charge in [-0.05, 0) is 36.2 Å². The molecule has 8 nitrogen and oxygen atoms in total. The Morgan fingerprint density at radius 3 is 2.32 bits per heavy atom. The first kappa shape index (κ1) is 20.9. The van der Waals surface area contributed by atoms with Crippen molar-refractivity contribution in [3.8, 4) is 0 Å². The van der Waals surface area contributed by atoms with Crippen molar-refractivity contribution in [2.24, 2.45) is 5.84 Å². The summed E-state index contributed by atoms with van der Waals surface area (Å²) in [6, 6.07) is 15.5. The van der Waals surface area contributed by atoms with Crippen LogP contribution in [-0.4, -0.2) is 31.6 Å². The van der Waals surface area contributed by atoms with E-state index in [4.69, 9.17) is 5.84 Å². The van der Waals surface area contributed by atoms with Gasteiger partial charge >= 0.3 is 12.0 Å². The summed E-state index contributed by atoms with van der Waals surface area (Å²) in [5.41, 5.74) is 1.88. The molecule has 0 heterocycles. The zero-order valence-corrected chi connectivity index (χ0v) is 15.7. The van der Waals surface area contributed by atoms with Crippen molar-refractivity contribution in [1.82, 2.24) is 10.6 Å². The van der Waals surface area contributed by atoms with Crippen molar-refractivity contribution >= 4 is 23.6 Å². The van der Waals surface area contributed by atoms with Crippen LogP contribution in [0.4, 0.5) is 10.5 Å². The molecule has 0 radical (unpaired) electrons. The van der Waals surface area contributed by atoms with Crippen molar-refractivity contribution in [3.05, 3.63) is 65.7 Å². The van der Waals surface area contributed by atoms with E-state index in [1.807, 2.05) is 6.07 Å². The molecule has 0 fully saturated rings. The number of benzene rings is 2. The van der Waals surface area contributed by atoms with Crippen LogP contribution in [-0.2, 0) is 16.1 Å².